The third kappa shape index (κ3) is 4.11. The van der Waals surface area contributed by atoms with Crippen molar-refractivity contribution >= 4 is 22.3 Å². The number of allylic oxidation sites excluding steroid dienone is 1. The van der Waals surface area contributed by atoms with Gasteiger partial charge in [-0.25, -0.2) is 9.36 Å². The van der Waals surface area contributed by atoms with Crippen molar-refractivity contribution in [2.24, 2.45) is 5.73 Å². The number of nitrogens with two attached hydrogens (primary N) is 1. The molecule has 0 amide bonds. The van der Waals surface area contributed by atoms with Crippen LogP contribution in [0.4, 0.5) is 5.69 Å². The molecule has 1 aliphatic heterocycles. The molecule has 13 heteroatoms. The van der Waals surface area contributed by atoms with E-state index in [4.69, 9.17) is 10.5 Å². The quantitative estimate of drug-likeness (QED) is 0.241. The molecule has 5 aromatic rings. The second kappa shape index (κ2) is 9.87. The Kier molecular flexibility index (Phi) is 6.13. The van der Waals surface area contributed by atoms with Crippen LogP contribution in [0.25, 0.3) is 22.3 Å². The summed E-state index contributed by atoms with van der Waals surface area (Å²) in [4.78, 5) is 38.3. The molecule has 0 fully saturated rings. The Morgan fingerprint density at radius 3 is 2.28 bits per heavy atom. The number of benzene rings is 3. The minimum atomic E-state index is -1.22. The summed E-state index contributed by atoms with van der Waals surface area (Å²) in [6.45, 7) is 3.61. The van der Waals surface area contributed by atoms with Gasteiger partial charge in [0.1, 0.15) is 29.3 Å². The molecular formula is C30H20N8O5. The number of nitrogens with zero attached hydrogens (tertiary/aromatic N) is 7. The molecule has 1 atom stereocenters. The van der Waals surface area contributed by atoms with Crippen LogP contribution in [-0.2, 0) is 0 Å². The van der Waals surface area contributed by atoms with Gasteiger partial charge < -0.3 is 10.5 Å². The van der Waals surface area contributed by atoms with Crippen LogP contribution < -0.4 is 21.6 Å². The van der Waals surface area contributed by atoms with E-state index in [1.54, 1.807) is 31.2 Å². The second-order valence-electron chi connectivity index (χ2n) is 9.86. The Labute approximate surface area is 242 Å². The van der Waals surface area contributed by atoms with E-state index in [-0.39, 0.29) is 33.7 Å². The van der Waals surface area contributed by atoms with Gasteiger partial charge in [0.2, 0.25) is 5.88 Å². The van der Waals surface area contributed by atoms with E-state index in [0.29, 0.717) is 28.3 Å². The molecule has 13 nitrogen and oxygen atoms in total. The van der Waals surface area contributed by atoms with E-state index >= 15 is 0 Å². The van der Waals surface area contributed by atoms with E-state index in [1.807, 2.05) is 43.3 Å². The normalized spacial score (nSPS) is 13.9. The highest BCUT2D eigenvalue weighted by Gasteiger charge is 2.40. The maximum atomic E-state index is 14.0. The van der Waals surface area contributed by atoms with Gasteiger partial charge >= 0.3 is 0 Å². The fourth-order valence-corrected chi connectivity index (χ4v) is 5.16. The van der Waals surface area contributed by atoms with Gasteiger partial charge in [-0.15, -0.1) is 0 Å². The summed E-state index contributed by atoms with van der Waals surface area (Å²) in [5.41, 5.74) is 7.06. The number of ether oxygens (including phenoxy) is 1. The number of hydrogen-bond acceptors (Lipinski definition) is 9. The number of aryl methyl sites for hydroxylation is 2. The lowest BCUT2D eigenvalue weighted by atomic mass is 10.0. The zero-order chi connectivity index (χ0) is 30.6. The zero-order valence-electron chi connectivity index (χ0n) is 22.7. The number of nitro benzene ring substituents is 1. The first-order chi connectivity index (χ1) is 20.6. The molecule has 2 N–H and O–H groups in total. The van der Waals surface area contributed by atoms with E-state index in [1.165, 1.54) is 10.7 Å². The Balaban J connectivity index is 1.65. The van der Waals surface area contributed by atoms with Gasteiger partial charge in [0.05, 0.1) is 44.3 Å². The SMILES string of the molecule is Cc1ccc(-n2nc(C)c(C3C(C#N)=C(N)n4c(=O)c5cc([N+](=O)[O-])ccc5c(=O)n43)c2Oc2ccc(C#N)cc2)cc1. The Morgan fingerprint density at radius 2 is 1.65 bits per heavy atom. The van der Waals surface area contributed by atoms with Gasteiger partial charge in [-0.2, -0.15) is 20.3 Å². The van der Waals surface area contributed by atoms with Gasteiger partial charge in [-0.05, 0) is 56.3 Å². The van der Waals surface area contributed by atoms with Crippen LogP contribution in [0, 0.1) is 46.6 Å². The Hall–Kier alpha value is -6.47. The molecule has 1 aliphatic rings. The van der Waals surface area contributed by atoms with E-state index in [0.717, 1.165) is 27.1 Å². The second-order valence-corrected chi connectivity index (χ2v) is 9.86. The van der Waals surface area contributed by atoms with Crippen molar-refractivity contribution in [3.8, 4) is 29.5 Å². The lowest BCUT2D eigenvalue weighted by Gasteiger charge is -2.18. The molecule has 2 aromatic heterocycles. The monoisotopic (exact) mass is 572 g/mol. The van der Waals surface area contributed by atoms with E-state index in [9.17, 15) is 30.2 Å². The van der Waals surface area contributed by atoms with Crippen molar-refractivity contribution in [2.45, 2.75) is 19.9 Å². The number of fused-ring (bicyclic) bond motifs is 2. The predicted molar refractivity (Wildman–Crippen MR) is 155 cm³/mol. The molecule has 0 aliphatic carbocycles. The van der Waals surface area contributed by atoms with Gasteiger partial charge in [0.15, 0.2) is 0 Å². The van der Waals surface area contributed by atoms with Crippen molar-refractivity contribution in [2.75, 3.05) is 0 Å². The fraction of sp³-hybridized carbons (Fsp3) is 0.100. The van der Waals surface area contributed by atoms with Crippen molar-refractivity contribution in [3.63, 3.8) is 0 Å². The molecule has 1 unspecified atom stereocenters. The fourth-order valence-electron chi connectivity index (χ4n) is 5.16. The van der Waals surface area contributed by atoms with E-state index in [2.05, 4.69) is 5.10 Å². The minimum Gasteiger partial charge on any atom is -0.439 e. The van der Waals surface area contributed by atoms with E-state index < -0.39 is 22.1 Å². The lowest BCUT2D eigenvalue weighted by molar-refractivity contribution is -0.384. The maximum Gasteiger partial charge on any atom is 0.279 e. The van der Waals surface area contributed by atoms with Crippen LogP contribution in [0.3, 0.4) is 0 Å². The molecule has 3 heterocycles. The molecule has 210 valence electrons. The van der Waals surface area contributed by atoms with Crippen molar-refractivity contribution in [1.82, 2.24) is 19.1 Å². The lowest BCUT2D eigenvalue weighted by Crippen LogP contribution is -2.38. The highest BCUT2D eigenvalue weighted by molar-refractivity contribution is 5.84. The first kappa shape index (κ1) is 26.7. The summed E-state index contributed by atoms with van der Waals surface area (Å²) < 4.78 is 9.78. The first-order valence-electron chi connectivity index (χ1n) is 12.8. The number of rotatable bonds is 5. The predicted octanol–water partition coefficient (Wildman–Crippen LogP) is 3.79. The summed E-state index contributed by atoms with van der Waals surface area (Å²) in [7, 11) is 0. The van der Waals surface area contributed by atoms with Crippen LogP contribution >= 0.6 is 0 Å². The topological polar surface area (TPSA) is 188 Å². The van der Waals surface area contributed by atoms with Crippen LogP contribution in [-0.4, -0.2) is 24.1 Å². The van der Waals surface area contributed by atoms with Gasteiger partial charge in [-0.3, -0.25) is 19.7 Å². The molecule has 0 bridgehead atoms. The summed E-state index contributed by atoms with van der Waals surface area (Å²) in [6.07, 6.45) is 0. The van der Waals surface area contributed by atoms with Gasteiger partial charge in [0.25, 0.3) is 16.8 Å². The summed E-state index contributed by atoms with van der Waals surface area (Å²) in [5.74, 6) is 0.195. The standard InChI is InChI=1S/C30H20N8O5/c1-16-3-7-19(8-4-16)35-30(43-21-10-5-18(14-31)6-11-21)25(17(2)34-35)26-24(15-32)27(33)37-29(40)23-13-20(38(41)42)9-12-22(23)28(39)36(26)37/h3-13,26H,33H2,1-2H3. The van der Waals surface area contributed by atoms with Gasteiger partial charge in [-0.1, -0.05) is 17.7 Å². The Morgan fingerprint density at radius 1 is 0.953 bits per heavy atom. The number of hydrogen-bond donors (Lipinski definition) is 1. The molecule has 0 saturated heterocycles. The van der Waals surface area contributed by atoms with Crippen LogP contribution in [0.5, 0.6) is 11.6 Å². The number of nitro groups is 1. The molecular weight excluding hydrogens is 552 g/mol. The highest BCUT2D eigenvalue weighted by Crippen LogP contribution is 2.42. The maximum absolute atomic E-state index is 14.0. The van der Waals surface area contributed by atoms with Crippen molar-refractivity contribution in [1.29, 1.82) is 10.5 Å². The molecule has 3 aromatic carbocycles. The van der Waals surface area contributed by atoms with Crippen LogP contribution in [0.1, 0.15) is 28.4 Å². The third-order valence-electron chi connectivity index (χ3n) is 7.25. The molecule has 0 spiro atoms. The largest absolute Gasteiger partial charge is 0.439 e. The minimum absolute atomic E-state index is 0.0815. The average Bonchev–Trinajstić information content (AvgIpc) is 3.48. The number of nitriles is 2. The number of aromatic nitrogens is 4. The molecule has 6 rings (SSSR count). The Bertz CT molecular complexity index is 2230. The molecule has 0 saturated carbocycles. The van der Waals surface area contributed by atoms with Gasteiger partial charge in [0, 0.05) is 12.1 Å². The van der Waals surface area contributed by atoms with Crippen molar-refractivity contribution in [3.05, 3.63) is 126 Å². The molecule has 43 heavy (non-hydrogen) atoms. The summed E-state index contributed by atoms with van der Waals surface area (Å²) in [5, 5.41) is 35.2. The third-order valence-corrected chi connectivity index (χ3v) is 7.25. The highest BCUT2D eigenvalue weighted by atomic mass is 16.6. The molecule has 0 radical (unpaired) electrons. The number of non-ortho nitro benzene ring substituents is 1. The zero-order valence-corrected chi connectivity index (χ0v) is 22.7. The first-order valence-corrected chi connectivity index (χ1v) is 12.8. The smallest absolute Gasteiger partial charge is 0.279 e. The summed E-state index contributed by atoms with van der Waals surface area (Å²) >= 11 is 0. The summed E-state index contributed by atoms with van der Waals surface area (Å²) in [6, 6.07) is 20.0. The van der Waals surface area contributed by atoms with Crippen LogP contribution in [0.2, 0.25) is 0 Å². The average molecular weight is 573 g/mol. The van der Waals surface area contributed by atoms with Crippen LogP contribution in [0.15, 0.2) is 81.9 Å². The van der Waals surface area contributed by atoms with Crippen molar-refractivity contribution < 1.29 is 9.66 Å².